The number of hydrogen-bond acceptors (Lipinski definition) is 8. The second kappa shape index (κ2) is 14.0. The lowest BCUT2D eigenvalue weighted by Crippen LogP contribution is -2.45. The summed E-state index contributed by atoms with van der Waals surface area (Å²) in [6.45, 7) is 0. The molecule has 0 atom stereocenters. The minimum absolute atomic E-state index is 0.296. The zero-order valence-corrected chi connectivity index (χ0v) is 31.2. The highest BCUT2D eigenvalue weighted by atomic mass is 32.1. The number of hydrogen-bond donors (Lipinski definition) is 0. The Kier molecular flexibility index (Phi) is 9.44. The quantitative estimate of drug-likeness (QED) is 0.152. The van der Waals surface area contributed by atoms with Crippen molar-refractivity contribution in [3.05, 3.63) is 63.9 Å². The van der Waals surface area contributed by atoms with Crippen molar-refractivity contribution in [2.24, 2.45) is 47.3 Å². The van der Waals surface area contributed by atoms with Gasteiger partial charge in [-0.2, -0.15) is 0 Å². The fourth-order valence-electron chi connectivity index (χ4n) is 10.7. The fourth-order valence-corrected chi connectivity index (χ4v) is 12.7. The van der Waals surface area contributed by atoms with Crippen LogP contribution in [0.25, 0.3) is 25.9 Å². The molecule has 8 heteroatoms. The average molecular weight is 713 g/mol. The average Bonchev–Trinajstić information content (AvgIpc) is 3.75. The number of benzene rings is 2. The van der Waals surface area contributed by atoms with Crippen LogP contribution in [0.15, 0.2) is 54.1 Å². The summed E-state index contributed by atoms with van der Waals surface area (Å²) in [6.07, 6.45) is 13.5. The van der Waals surface area contributed by atoms with E-state index in [1.807, 2.05) is 48.8 Å². The number of ketones is 1. The molecule has 6 nitrogen and oxygen atoms in total. The van der Waals surface area contributed by atoms with Crippen LogP contribution in [0.2, 0.25) is 0 Å². The Bertz CT molecular complexity index is 1870. The Balaban J connectivity index is 0.000000118. The first-order chi connectivity index (χ1) is 24.3. The predicted molar refractivity (Wildman–Crippen MR) is 201 cm³/mol. The zero-order valence-electron chi connectivity index (χ0n) is 29.6. The molecular weight excluding hydrogens is 665 g/mol. The lowest BCUT2D eigenvalue weighted by atomic mass is 9.54. The van der Waals surface area contributed by atoms with E-state index in [0.29, 0.717) is 22.5 Å². The minimum atomic E-state index is -0.296. The predicted octanol–water partition coefficient (Wildman–Crippen LogP) is 10.4. The first-order valence-corrected chi connectivity index (χ1v) is 20.0. The van der Waals surface area contributed by atoms with Crippen molar-refractivity contribution in [3.63, 3.8) is 0 Å². The number of thiophene rings is 2. The molecule has 0 radical (unpaired) electrons. The topological polar surface area (TPSA) is 71.1 Å². The fraction of sp³-hybridized carbons (Fsp3) is 0.524. The highest BCUT2D eigenvalue weighted by Gasteiger charge is 2.48. The van der Waals surface area contributed by atoms with Gasteiger partial charge in [0.1, 0.15) is 27.9 Å². The van der Waals surface area contributed by atoms with Crippen molar-refractivity contribution in [1.29, 1.82) is 0 Å². The van der Waals surface area contributed by atoms with Gasteiger partial charge in [-0.3, -0.25) is 4.79 Å². The maximum Gasteiger partial charge on any atom is 0.348 e. The number of fused-ring (bicyclic) bond motifs is 2. The monoisotopic (exact) mass is 712 g/mol. The van der Waals surface area contributed by atoms with E-state index in [4.69, 9.17) is 14.2 Å². The van der Waals surface area contributed by atoms with E-state index in [2.05, 4.69) is 22.9 Å². The van der Waals surface area contributed by atoms with Crippen LogP contribution < -0.4 is 9.47 Å². The molecule has 264 valence electrons. The molecular formula is C42H48O6S2. The summed E-state index contributed by atoms with van der Waals surface area (Å²) in [5.41, 5.74) is 1.64. The lowest BCUT2D eigenvalue weighted by Gasteiger charge is -2.51. The van der Waals surface area contributed by atoms with Gasteiger partial charge in [0.2, 0.25) is 0 Å². The van der Waals surface area contributed by atoms with Crippen LogP contribution in [0, 0.1) is 47.3 Å². The van der Waals surface area contributed by atoms with E-state index >= 15 is 0 Å². The molecule has 4 aromatic rings. The largest absolute Gasteiger partial charge is 0.497 e. The van der Waals surface area contributed by atoms with Crippen LogP contribution in [-0.4, -0.2) is 40.2 Å². The van der Waals surface area contributed by atoms with Crippen molar-refractivity contribution < 1.29 is 28.5 Å². The SMILES string of the molecule is COC(=C1C2CC3CC(C2)CC1C3)c1cc2cc(OC)ccc2s1.COC(=O)c1cc2cc(OC)ccc2s1.O=C1C2CC3CC(C2)CC1C3. The van der Waals surface area contributed by atoms with Gasteiger partial charge in [-0.1, -0.05) is 0 Å². The van der Waals surface area contributed by atoms with Crippen LogP contribution in [0.4, 0.5) is 0 Å². The molecule has 12 rings (SSSR count). The summed E-state index contributed by atoms with van der Waals surface area (Å²) in [5.74, 6) is 9.64. The third-order valence-corrected chi connectivity index (χ3v) is 14.7. The van der Waals surface area contributed by atoms with E-state index in [-0.39, 0.29) is 5.97 Å². The van der Waals surface area contributed by atoms with E-state index in [0.717, 1.165) is 57.1 Å². The second-order valence-electron chi connectivity index (χ2n) is 15.5. The molecule has 8 bridgehead atoms. The summed E-state index contributed by atoms with van der Waals surface area (Å²) >= 11 is 3.27. The molecule has 0 saturated heterocycles. The Hall–Kier alpha value is -3.36. The Morgan fingerprint density at radius 2 is 1.00 bits per heavy atom. The number of methoxy groups -OCH3 is 4. The molecule has 50 heavy (non-hydrogen) atoms. The molecule has 0 unspecified atom stereocenters. The van der Waals surface area contributed by atoms with Gasteiger partial charge in [0.25, 0.3) is 0 Å². The first kappa shape index (κ1) is 33.8. The van der Waals surface area contributed by atoms with Gasteiger partial charge in [-0.05, 0) is 165 Å². The molecule has 0 aliphatic heterocycles. The number of carbonyl (C=O) groups is 2. The molecule has 8 aliphatic rings. The van der Waals surface area contributed by atoms with E-state index < -0.39 is 0 Å². The minimum Gasteiger partial charge on any atom is -0.497 e. The molecule has 8 saturated carbocycles. The number of ether oxygens (including phenoxy) is 4. The molecule has 8 aliphatic carbocycles. The zero-order chi connectivity index (χ0) is 34.5. The lowest BCUT2D eigenvalue weighted by molar-refractivity contribution is -0.139. The first-order valence-electron chi connectivity index (χ1n) is 18.4. The standard InChI is InChI=1S/C21H24O2S.C11H10O3S.C10H14O/c1-22-17-3-4-18-14(10-17)11-19(24-18)21(23-2)20-15-6-12-5-13(8-15)9-16(20)7-12;1-13-8-3-4-9-7(5-8)6-10(15-9)11(12)14-2;11-10-8-2-6-1-7(4-8)5-9(10)3-6/h3-4,10-13,15-16H,5-9H2,1-2H3;3-6H,1-2H3;6-9H,1-5H2. The number of carbonyl (C=O) groups excluding carboxylic acids is 2. The number of Topliss-reactive ketones (excluding diaryl/α,β-unsaturated/α-hetero) is 1. The van der Waals surface area contributed by atoms with Crippen molar-refractivity contribution >= 4 is 60.4 Å². The molecule has 0 amide bonds. The third kappa shape index (κ3) is 6.47. The summed E-state index contributed by atoms with van der Waals surface area (Å²) in [7, 11) is 6.59. The number of rotatable bonds is 5. The highest BCUT2D eigenvalue weighted by Crippen LogP contribution is 2.58. The molecule has 0 N–H and O–H groups in total. The van der Waals surface area contributed by atoms with Gasteiger partial charge in [0.15, 0.2) is 0 Å². The molecule has 0 spiro atoms. The van der Waals surface area contributed by atoms with Gasteiger partial charge in [-0.15, -0.1) is 22.7 Å². The number of allylic oxidation sites excluding steroid dienone is 1. The van der Waals surface area contributed by atoms with Crippen LogP contribution >= 0.6 is 22.7 Å². The van der Waals surface area contributed by atoms with Crippen molar-refractivity contribution in [2.75, 3.05) is 28.4 Å². The van der Waals surface area contributed by atoms with E-state index in [1.54, 1.807) is 19.8 Å². The second-order valence-corrected chi connectivity index (χ2v) is 17.7. The summed E-state index contributed by atoms with van der Waals surface area (Å²) in [6, 6.07) is 16.2. The summed E-state index contributed by atoms with van der Waals surface area (Å²) < 4.78 is 23.5. The Labute approximate surface area is 303 Å². The maximum atomic E-state index is 11.6. The molecule has 2 aromatic carbocycles. The van der Waals surface area contributed by atoms with Gasteiger partial charge >= 0.3 is 5.97 Å². The number of esters is 1. The third-order valence-electron chi connectivity index (χ3n) is 12.5. The van der Waals surface area contributed by atoms with Crippen LogP contribution in [-0.2, 0) is 14.3 Å². The van der Waals surface area contributed by atoms with E-state index in [1.165, 1.54) is 103 Å². The normalized spacial score (nSPS) is 29.7. The van der Waals surface area contributed by atoms with Gasteiger partial charge in [0, 0.05) is 21.2 Å². The van der Waals surface area contributed by atoms with Crippen molar-refractivity contribution in [3.8, 4) is 11.5 Å². The van der Waals surface area contributed by atoms with Crippen LogP contribution in [0.5, 0.6) is 11.5 Å². The summed E-state index contributed by atoms with van der Waals surface area (Å²) in [5, 5.41) is 2.26. The van der Waals surface area contributed by atoms with Crippen molar-refractivity contribution in [1.82, 2.24) is 0 Å². The summed E-state index contributed by atoms with van der Waals surface area (Å²) in [4.78, 5) is 24.8. The van der Waals surface area contributed by atoms with Crippen LogP contribution in [0.3, 0.4) is 0 Å². The van der Waals surface area contributed by atoms with Gasteiger partial charge in [0.05, 0.1) is 33.3 Å². The Morgan fingerprint density at radius 3 is 1.44 bits per heavy atom. The molecule has 2 aromatic heterocycles. The van der Waals surface area contributed by atoms with Crippen LogP contribution in [0.1, 0.15) is 78.8 Å². The smallest absolute Gasteiger partial charge is 0.348 e. The van der Waals surface area contributed by atoms with E-state index in [9.17, 15) is 9.59 Å². The van der Waals surface area contributed by atoms with Gasteiger partial charge < -0.3 is 18.9 Å². The molecule has 8 fully saturated rings. The maximum absolute atomic E-state index is 11.6. The Morgan fingerprint density at radius 1 is 0.560 bits per heavy atom. The van der Waals surface area contributed by atoms with Crippen molar-refractivity contribution in [2.45, 2.75) is 64.2 Å². The highest BCUT2D eigenvalue weighted by molar-refractivity contribution is 7.20. The molecule has 2 heterocycles. The van der Waals surface area contributed by atoms with Gasteiger partial charge in [-0.25, -0.2) is 4.79 Å².